The van der Waals surface area contributed by atoms with Gasteiger partial charge in [-0.2, -0.15) is 4.31 Å². The number of para-hydroxylation sites is 2. The number of rotatable bonds is 9. The number of hydrogen-bond acceptors (Lipinski definition) is 7. The molecule has 3 aromatic carbocycles. The molecule has 0 spiro atoms. The highest BCUT2D eigenvalue weighted by Crippen LogP contribution is 2.29. The van der Waals surface area contributed by atoms with Crippen LogP contribution < -0.4 is 9.47 Å². The minimum Gasteiger partial charge on any atom is -0.497 e. The average Bonchev–Trinajstić information content (AvgIpc) is 3.41. The van der Waals surface area contributed by atoms with E-state index in [4.69, 9.17) is 14.3 Å². The molecule has 1 aliphatic rings. The summed E-state index contributed by atoms with van der Waals surface area (Å²) >= 11 is 0. The Bertz CT molecular complexity index is 1550. The zero-order valence-corrected chi connectivity index (χ0v) is 21.4. The number of sulfonamides is 1. The van der Waals surface area contributed by atoms with E-state index < -0.39 is 16.1 Å². The van der Waals surface area contributed by atoms with Crippen molar-refractivity contribution in [1.29, 1.82) is 0 Å². The summed E-state index contributed by atoms with van der Waals surface area (Å²) in [6, 6.07) is 23.7. The maximum atomic E-state index is 14.1. The van der Waals surface area contributed by atoms with Crippen LogP contribution in [0.2, 0.25) is 0 Å². The van der Waals surface area contributed by atoms with Gasteiger partial charge in [0.2, 0.25) is 10.0 Å². The summed E-state index contributed by atoms with van der Waals surface area (Å²) in [7, 11) is -0.767. The molecule has 5 rings (SSSR count). The second-order valence-electron chi connectivity index (χ2n) is 8.65. The summed E-state index contributed by atoms with van der Waals surface area (Å²) in [5.74, 6) is 1.34. The molecule has 0 bridgehead atoms. The summed E-state index contributed by atoms with van der Waals surface area (Å²) in [5.41, 5.74) is 2.76. The SMILES string of the molecule is COc1cccc(CN(CC2CC(c3ccccc3OC)=NO2)S(=O)(=O)c2cccc3cccnc23)c1. The summed E-state index contributed by atoms with van der Waals surface area (Å²) in [5, 5.41) is 5.02. The van der Waals surface area contributed by atoms with Gasteiger partial charge in [-0.3, -0.25) is 4.98 Å². The van der Waals surface area contributed by atoms with E-state index in [1.165, 1.54) is 4.31 Å². The fourth-order valence-electron chi connectivity index (χ4n) is 4.44. The van der Waals surface area contributed by atoms with Gasteiger partial charge in [0.1, 0.15) is 22.5 Å². The third-order valence-electron chi connectivity index (χ3n) is 6.26. The number of fused-ring (bicyclic) bond motifs is 1. The predicted octanol–water partition coefficient (Wildman–Crippen LogP) is 4.64. The summed E-state index contributed by atoms with van der Waals surface area (Å²) in [6.45, 7) is 0.234. The lowest BCUT2D eigenvalue weighted by Gasteiger charge is -2.25. The van der Waals surface area contributed by atoms with Gasteiger partial charge in [0, 0.05) is 30.1 Å². The van der Waals surface area contributed by atoms with E-state index in [0.29, 0.717) is 29.1 Å². The molecule has 0 aliphatic carbocycles. The van der Waals surface area contributed by atoms with Crippen LogP contribution >= 0.6 is 0 Å². The lowest BCUT2D eigenvalue weighted by Crippen LogP contribution is -2.37. The van der Waals surface area contributed by atoms with E-state index in [1.54, 1.807) is 38.6 Å². The summed E-state index contributed by atoms with van der Waals surface area (Å²) in [4.78, 5) is 10.3. The molecule has 2 heterocycles. The molecular weight excluding hydrogens is 490 g/mol. The van der Waals surface area contributed by atoms with Gasteiger partial charge < -0.3 is 14.3 Å². The van der Waals surface area contributed by atoms with Crippen LogP contribution in [0.1, 0.15) is 17.5 Å². The maximum absolute atomic E-state index is 14.1. The van der Waals surface area contributed by atoms with Crippen LogP contribution in [0.25, 0.3) is 10.9 Å². The molecule has 4 aromatic rings. The van der Waals surface area contributed by atoms with E-state index >= 15 is 0 Å². The number of oxime groups is 1. The highest BCUT2D eigenvalue weighted by Gasteiger charge is 2.33. The fourth-order valence-corrected chi connectivity index (χ4v) is 6.07. The van der Waals surface area contributed by atoms with Crippen molar-refractivity contribution < 1.29 is 22.7 Å². The van der Waals surface area contributed by atoms with Gasteiger partial charge >= 0.3 is 0 Å². The van der Waals surface area contributed by atoms with Crippen LogP contribution in [0.15, 0.2) is 95.1 Å². The van der Waals surface area contributed by atoms with Crippen LogP contribution in [0.4, 0.5) is 0 Å². The van der Waals surface area contributed by atoms with E-state index in [1.807, 2.05) is 60.7 Å². The molecule has 9 heteroatoms. The van der Waals surface area contributed by atoms with E-state index in [2.05, 4.69) is 10.1 Å². The number of benzene rings is 3. The Balaban J connectivity index is 1.47. The molecule has 0 radical (unpaired) electrons. The molecule has 0 saturated carbocycles. The zero-order valence-electron chi connectivity index (χ0n) is 20.6. The molecular formula is C28H27N3O5S. The van der Waals surface area contributed by atoms with Gasteiger partial charge in [0.15, 0.2) is 0 Å². The average molecular weight is 518 g/mol. The zero-order chi connectivity index (χ0) is 25.8. The minimum absolute atomic E-state index is 0.102. The van der Waals surface area contributed by atoms with Crippen LogP contribution in [0.5, 0.6) is 11.5 Å². The Morgan fingerprint density at radius 3 is 2.62 bits per heavy atom. The molecule has 0 fully saturated rings. The van der Waals surface area contributed by atoms with E-state index in [0.717, 1.165) is 16.5 Å². The van der Waals surface area contributed by atoms with Crippen LogP contribution in [0, 0.1) is 0 Å². The lowest BCUT2D eigenvalue weighted by molar-refractivity contribution is 0.0694. The number of hydrogen-bond donors (Lipinski definition) is 0. The predicted molar refractivity (Wildman–Crippen MR) is 141 cm³/mol. The number of nitrogens with zero attached hydrogens (tertiary/aromatic N) is 3. The van der Waals surface area contributed by atoms with Gasteiger partial charge in [-0.05, 0) is 42.0 Å². The third kappa shape index (κ3) is 5.14. The van der Waals surface area contributed by atoms with Crippen molar-refractivity contribution in [2.75, 3.05) is 20.8 Å². The first-order valence-electron chi connectivity index (χ1n) is 11.8. The Morgan fingerprint density at radius 2 is 1.78 bits per heavy atom. The van der Waals surface area contributed by atoms with Crippen molar-refractivity contribution in [3.63, 3.8) is 0 Å². The van der Waals surface area contributed by atoms with Gasteiger partial charge in [-0.1, -0.05) is 47.6 Å². The van der Waals surface area contributed by atoms with Gasteiger partial charge in [0.25, 0.3) is 0 Å². The first kappa shape index (κ1) is 24.7. The largest absolute Gasteiger partial charge is 0.497 e. The second-order valence-corrected chi connectivity index (χ2v) is 10.6. The molecule has 37 heavy (non-hydrogen) atoms. The molecule has 1 aliphatic heterocycles. The minimum atomic E-state index is -3.95. The molecule has 190 valence electrons. The molecule has 0 saturated heterocycles. The monoisotopic (exact) mass is 517 g/mol. The number of pyridine rings is 1. The fraction of sp³-hybridized carbons (Fsp3) is 0.214. The lowest BCUT2D eigenvalue weighted by atomic mass is 10.0. The number of methoxy groups -OCH3 is 2. The Kier molecular flexibility index (Phi) is 7.07. The Morgan fingerprint density at radius 1 is 0.973 bits per heavy atom. The van der Waals surface area contributed by atoms with E-state index in [9.17, 15) is 8.42 Å². The van der Waals surface area contributed by atoms with Gasteiger partial charge in [0.05, 0.1) is 32.0 Å². The van der Waals surface area contributed by atoms with Crippen molar-refractivity contribution >= 4 is 26.6 Å². The molecule has 1 atom stereocenters. The van der Waals surface area contributed by atoms with Crippen molar-refractivity contribution in [3.8, 4) is 11.5 Å². The Labute approximate surface area is 216 Å². The van der Waals surface area contributed by atoms with E-state index in [-0.39, 0.29) is 18.0 Å². The van der Waals surface area contributed by atoms with Crippen LogP contribution in [-0.2, 0) is 21.4 Å². The molecule has 1 aromatic heterocycles. The first-order chi connectivity index (χ1) is 18.0. The standard InChI is InChI=1S/C28H27N3O5S/c1-34-22-11-5-8-20(16-22)18-31(37(32,33)27-14-6-9-21-10-7-15-29-28(21)27)19-23-17-25(30-36-23)24-12-3-4-13-26(24)35-2/h3-16,23H,17-19H2,1-2H3. The van der Waals surface area contributed by atoms with Crippen molar-refractivity contribution in [2.45, 2.75) is 24.0 Å². The first-order valence-corrected chi connectivity index (χ1v) is 13.3. The molecule has 0 amide bonds. The summed E-state index contributed by atoms with van der Waals surface area (Å²) in [6.07, 6.45) is 1.57. The number of ether oxygens (including phenoxy) is 2. The van der Waals surface area contributed by atoms with Gasteiger partial charge in [-0.25, -0.2) is 8.42 Å². The number of aromatic nitrogens is 1. The Hall–Kier alpha value is -3.95. The normalized spacial score (nSPS) is 15.4. The summed E-state index contributed by atoms with van der Waals surface area (Å²) < 4.78 is 40.4. The van der Waals surface area contributed by atoms with Crippen LogP contribution in [-0.4, -0.2) is 50.3 Å². The van der Waals surface area contributed by atoms with Gasteiger partial charge in [-0.15, -0.1) is 0 Å². The molecule has 0 N–H and O–H groups in total. The smallest absolute Gasteiger partial charge is 0.245 e. The highest BCUT2D eigenvalue weighted by atomic mass is 32.2. The van der Waals surface area contributed by atoms with Crippen LogP contribution in [0.3, 0.4) is 0 Å². The molecule has 1 unspecified atom stereocenters. The second kappa shape index (κ2) is 10.6. The quantitative estimate of drug-likeness (QED) is 0.321. The van der Waals surface area contributed by atoms with Crippen molar-refractivity contribution in [2.24, 2.45) is 5.16 Å². The van der Waals surface area contributed by atoms with Crippen molar-refractivity contribution in [3.05, 3.63) is 96.2 Å². The molecule has 8 nitrogen and oxygen atoms in total. The maximum Gasteiger partial charge on any atom is 0.245 e. The third-order valence-corrected chi connectivity index (χ3v) is 8.11. The topological polar surface area (TPSA) is 90.3 Å². The van der Waals surface area contributed by atoms with Crippen molar-refractivity contribution in [1.82, 2.24) is 9.29 Å². The highest BCUT2D eigenvalue weighted by molar-refractivity contribution is 7.89.